The first-order valence-corrected chi connectivity index (χ1v) is 17.2. The Bertz CT molecular complexity index is 442. The van der Waals surface area contributed by atoms with Crippen molar-refractivity contribution in [2.24, 2.45) is 7.05 Å². The molecule has 0 spiro atoms. The van der Waals surface area contributed by atoms with E-state index in [-0.39, 0.29) is 0 Å². The monoisotopic (exact) mass is 412 g/mol. The van der Waals surface area contributed by atoms with E-state index < -0.39 is 18.4 Å². The number of aromatic nitrogens is 2. The van der Waals surface area contributed by atoms with Crippen LogP contribution >= 0.6 is 0 Å². The number of hydrogen-bond acceptors (Lipinski definition) is 1. The van der Waals surface area contributed by atoms with Gasteiger partial charge in [-0.25, -0.2) is 0 Å². The van der Waals surface area contributed by atoms with E-state index in [2.05, 4.69) is 32.5 Å². The molecular weight excluding hydrogens is 375 g/mol. The fourth-order valence-electron chi connectivity index (χ4n) is 4.31. The molecule has 2 nitrogen and oxygen atoms in total. The standard InChI is InChI=1S/C7H9N2.3C4H9.Sn/c1-9-7-4-2-3-6(7)5-8-9;3*1-3-4-2;/h2-4H2,1H3;3*1,3-4H2,2H3;. The van der Waals surface area contributed by atoms with Crippen molar-refractivity contribution in [1.82, 2.24) is 9.78 Å². The second kappa shape index (κ2) is 8.75. The van der Waals surface area contributed by atoms with Gasteiger partial charge in [0.2, 0.25) is 0 Å². The molecule has 0 unspecified atom stereocenters. The summed E-state index contributed by atoms with van der Waals surface area (Å²) in [6.07, 6.45) is 12.3. The molecule has 1 aliphatic rings. The van der Waals surface area contributed by atoms with E-state index in [9.17, 15) is 0 Å². The molecule has 1 heterocycles. The molecule has 0 bridgehead atoms. The van der Waals surface area contributed by atoms with Crippen molar-refractivity contribution in [3.05, 3.63) is 11.3 Å². The summed E-state index contributed by atoms with van der Waals surface area (Å²) in [6.45, 7) is 7.08. The summed E-state index contributed by atoms with van der Waals surface area (Å²) in [6, 6.07) is 0. The third-order valence-corrected chi connectivity index (χ3v) is 20.9. The number of aryl methyl sites for hydroxylation is 1. The predicted molar refractivity (Wildman–Crippen MR) is 99.8 cm³/mol. The van der Waals surface area contributed by atoms with Gasteiger partial charge in [-0.05, 0) is 0 Å². The number of unbranched alkanes of at least 4 members (excludes halogenated alkanes) is 3. The van der Waals surface area contributed by atoms with Crippen LogP contribution in [0, 0.1) is 0 Å². The Morgan fingerprint density at radius 1 is 0.909 bits per heavy atom. The van der Waals surface area contributed by atoms with E-state index in [1.165, 1.54) is 57.8 Å². The zero-order valence-electron chi connectivity index (χ0n) is 15.4. The van der Waals surface area contributed by atoms with Crippen LogP contribution in [-0.2, 0) is 19.9 Å². The molecule has 1 aromatic heterocycles. The van der Waals surface area contributed by atoms with Crippen LogP contribution in [0.5, 0.6) is 0 Å². The number of nitrogens with zero attached hydrogens (tertiary/aromatic N) is 2. The summed E-state index contributed by atoms with van der Waals surface area (Å²) >= 11 is -2.30. The Balaban J connectivity index is 2.37. The molecule has 22 heavy (non-hydrogen) atoms. The Morgan fingerprint density at radius 3 is 1.95 bits per heavy atom. The summed E-state index contributed by atoms with van der Waals surface area (Å²) in [5.74, 6) is 0. The van der Waals surface area contributed by atoms with E-state index in [1.807, 2.05) is 0 Å². The first-order chi connectivity index (χ1) is 10.7. The van der Waals surface area contributed by atoms with Gasteiger partial charge in [0.05, 0.1) is 0 Å². The first kappa shape index (κ1) is 18.3. The molecule has 1 aliphatic carbocycles. The normalized spacial score (nSPS) is 14.5. The maximum absolute atomic E-state index is 5.17. The van der Waals surface area contributed by atoms with Crippen molar-refractivity contribution >= 4 is 22.1 Å². The average Bonchev–Trinajstić information content (AvgIpc) is 3.12. The molecule has 0 amide bonds. The van der Waals surface area contributed by atoms with Gasteiger partial charge in [-0.1, -0.05) is 0 Å². The van der Waals surface area contributed by atoms with Crippen molar-refractivity contribution in [1.29, 1.82) is 0 Å². The van der Waals surface area contributed by atoms with Gasteiger partial charge in [0.1, 0.15) is 0 Å². The van der Waals surface area contributed by atoms with Gasteiger partial charge in [-0.3, -0.25) is 0 Å². The van der Waals surface area contributed by atoms with E-state index in [0.29, 0.717) is 0 Å². The predicted octanol–water partition coefficient (Wildman–Crippen LogP) is 4.96. The van der Waals surface area contributed by atoms with Crippen LogP contribution in [0.3, 0.4) is 0 Å². The average molecular weight is 411 g/mol. The summed E-state index contributed by atoms with van der Waals surface area (Å²) < 4.78 is 8.62. The SMILES string of the molecule is CCC[CH2][Sn]([CH2]CCC)([CH2]CCC)[c]1nn(C)c2c1CCC2. The van der Waals surface area contributed by atoms with Crippen LogP contribution in [-0.4, -0.2) is 28.2 Å². The molecule has 0 saturated carbocycles. The third kappa shape index (κ3) is 3.91. The minimum atomic E-state index is -2.30. The number of hydrogen-bond donors (Lipinski definition) is 0. The van der Waals surface area contributed by atoms with Crippen molar-refractivity contribution in [3.8, 4) is 0 Å². The van der Waals surface area contributed by atoms with Crippen molar-refractivity contribution in [2.75, 3.05) is 0 Å². The van der Waals surface area contributed by atoms with Gasteiger partial charge in [0.15, 0.2) is 0 Å². The molecule has 0 atom stereocenters. The molecule has 0 fully saturated rings. The van der Waals surface area contributed by atoms with Gasteiger partial charge in [-0.15, -0.1) is 0 Å². The molecule has 1 aromatic rings. The first-order valence-electron chi connectivity index (χ1n) is 9.73. The zero-order chi connectivity index (χ0) is 16.0. The molecule has 0 saturated heterocycles. The van der Waals surface area contributed by atoms with Gasteiger partial charge in [-0.2, -0.15) is 0 Å². The van der Waals surface area contributed by atoms with Gasteiger partial charge < -0.3 is 0 Å². The van der Waals surface area contributed by atoms with Crippen molar-refractivity contribution in [2.45, 2.75) is 91.9 Å². The van der Waals surface area contributed by atoms with Gasteiger partial charge in [0, 0.05) is 0 Å². The van der Waals surface area contributed by atoms with E-state index in [0.717, 1.165) is 0 Å². The summed E-state index contributed by atoms with van der Waals surface area (Å²) in [5, 5.41) is 5.17. The fraction of sp³-hybridized carbons (Fsp3) is 0.842. The van der Waals surface area contributed by atoms with Crippen LogP contribution in [0.1, 0.15) is 77.0 Å². The minimum absolute atomic E-state index is 1.27. The van der Waals surface area contributed by atoms with Crippen molar-refractivity contribution < 1.29 is 0 Å². The topological polar surface area (TPSA) is 17.8 Å². The molecule has 0 radical (unpaired) electrons. The quantitative estimate of drug-likeness (QED) is 0.498. The molecule has 0 aromatic carbocycles. The van der Waals surface area contributed by atoms with Gasteiger partial charge >= 0.3 is 142 Å². The molecular formula is C19H36N2Sn. The number of fused-ring (bicyclic) bond motifs is 1. The summed E-state index contributed by atoms with van der Waals surface area (Å²) in [5.41, 5.74) is 3.31. The maximum atomic E-state index is 5.17. The van der Waals surface area contributed by atoms with Crippen LogP contribution in [0.4, 0.5) is 0 Å². The second-order valence-electron chi connectivity index (χ2n) is 7.34. The van der Waals surface area contributed by atoms with Crippen LogP contribution < -0.4 is 3.71 Å². The molecule has 0 aliphatic heterocycles. The molecule has 3 heteroatoms. The second-order valence-corrected chi connectivity index (χ2v) is 20.3. The molecule has 2 rings (SSSR count). The molecule has 0 N–H and O–H groups in total. The van der Waals surface area contributed by atoms with E-state index >= 15 is 0 Å². The molecule has 126 valence electrons. The summed E-state index contributed by atoms with van der Waals surface area (Å²) in [7, 11) is 2.20. The van der Waals surface area contributed by atoms with Gasteiger partial charge in [0.25, 0.3) is 0 Å². The van der Waals surface area contributed by atoms with Crippen LogP contribution in [0.2, 0.25) is 13.3 Å². The Labute approximate surface area is 141 Å². The van der Waals surface area contributed by atoms with Crippen LogP contribution in [0.25, 0.3) is 0 Å². The third-order valence-electron chi connectivity index (χ3n) is 5.64. The van der Waals surface area contributed by atoms with E-state index in [1.54, 1.807) is 28.3 Å². The van der Waals surface area contributed by atoms with E-state index in [4.69, 9.17) is 5.10 Å². The van der Waals surface area contributed by atoms with Crippen LogP contribution in [0.15, 0.2) is 0 Å². The zero-order valence-corrected chi connectivity index (χ0v) is 18.2. The summed E-state index contributed by atoms with van der Waals surface area (Å²) in [4.78, 5) is 0. The Hall–Kier alpha value is 0.00870. The Kier molecular flexibility index (Phi) is 7.30. The fourth-order valence-corrected chi connectivity index (χ4v) is 20.9. The number of rotatable bonds is 10. The Morgan fingerprint density at radius 2 is 1.45 bits per heavy atom. The van der Waals surface area contributed by atoms with Crippen molar-refractivity contribution in [3.63, 3.8) is 0 Å².